The summed E-state index contributed by atoms with van der Waals surface area (Å²) < 4.78 is 26.6. The van der Waals surface area contributed by atoms with Gasteiger partial charge in [-0.2, -0.15) is 0 Å². The number of halogens is 2. The van der Waals surface area contributed by atoms with E-state index in [4.69, 9.17) is 0 Å². The summed E-state index contributed by atoms with van der Waals surface area (Å²) in [4.78, 5) is 15.8. The van der Waals surface area contributed by atoms with Gasteiger partial charge in [-0.25, -0.2) is 8.78 Å². The Labute approximate surface area is 139 Å². The molecule has 5 heteroatoms. The first kappa shape index (κ1) is 16.2. The monoisotopic (exact) mass is 328 g/mol. The molecule has 1 aliphatic rings. The van der Waals surface area contributed by atoms with Crippen LogP contribution >= 0.6 is 0 Å². The van der Waals surface area contributed by atoms with Crippen LogP contribution in [0.1, 0.15) is 12.0 Å². The van der Waals surface area contributed by atoms with Gasteiger partial charge >= 0.3 is 0 Å². The molecule has 0 radical (unpaired) electrons. The summed E-state index contributed by atoms with van der Waals surface area (Å²) in [7, 11) is 1.77. The highest BCUT2D eigenvalue weighted by atomic mass is 19.1. The Morgan fingerprint density at radius 3 is 2.62 bits per heavy atom. The molecule has 3 nitrogen and oxygen atoms in total. The lowest BCUT2D eigenvalue weighted by Gasteiger charge is -2.24. The fraction of sp³-hybridized carbons (Fsp3) is 0.211. The zero-order valence-electron chi connectivity index (χ0n) is 13.4. The molecule has 0 aliphatic carbocycles. The van der Waals surface area contributed by atoms with Crippen LogP contribution in [0.5, 0.6) is 0 Å². The molecule has 0 atom stereocenters. The number of hydrogen-bond donors (Lipinski definition) is 0. The van der Waals surface area contributed by atoms with E-state index in [1.807, 2.05) is 30.3 Å². The van der Waals surface area contributed by atoms with Gasteiger partial charge in [0.2, 0.25) is 5.91 Å². The number of fused-ring (bicyclic) bond motifs is 1. The van der Waals surface area contributed by atoms with Gasteiger partial charge in [-0.3, -0.25) is 4.79 Å². The molecule has 0 saturated carbocycles. The molecule has 0 aromatic heterocycles. The molecule has 0 saturated heterocycles. The Balaban J connectivity index is 1.81. The average molecular weight is 328 g/mol. The normalized spacial score (nSPS) is 14.9. The fourth-order valence-corrected chi connectivity index (χ4v) is 2.80. The molecule has 2 aromatic carbocycles. The number of nitrogens with zero attached hydrogens (tertiary/aromatic N) is 2. The van der Waals surface area contributed by atoms with Crippen molar-refractivity contribution in [3.63, 3.8) is 0 Å². The van der Waals surface area contributed by atoms with E-state index in [1.54, 1.807) is 18.0 Å². The smallest absolute Gasteiger partial charge is 0.228 e. The Bertz CT molecular complexity index is 789. The lowest BCUT2D eigenvalue weighted by molar-refractivity contribution is -0.118. The molecule has 0 N–H and O–H groups in total. The van der Waals surface area contributed by atoms with Gasteiger partial charge in [0, 0.05) is 38.2 Å². The van der Waals surface area contributed by atoms with Crippen LogP contribution in [-0.2, 0) is 4.79 Å². The van der Waals surface area contributed by atoms with E-state index in [1.165, 1.54) is 12.1 Å². The summed E-state index contributed by atoms with van der Waals surface area (Å²) >= 11 is 0. The van der Waals surface area contributed by atoms with E-state index in [0.29, 0.717) is 25.1 Å². The van der Waals surface area contributed by atoms with E-state index in [-0.39, 0.29) is 5.91 Å². The Hall–Kier alpha value is -2.69. The highest BCUT2D eigenvalue weighted by Gasteiger charge is 2.22. The second-order valence-corrected chi connectivity index (χ2v) is 5.71. The topological polar surface area (TPSA) is 23.6 Å². The molecule has 2 aromatic rings. The first-order chi connectivity index (χ1) is 11.6. The van der Waals surface area contributed by atoms with Crippen LogP contribution in [-0.4, -0.2) is 26.0 Å². The van der Waals surface area contributed by atoms with Gasteiger partial charge in [0.15, 0.2) is 0 Å². The van der Waals surface area contributed by atoms with Crippen molar-refractivity contribution in [1.29, 1.82) is 0 Å². The number of carbonyl (C=O) groups excluding carboxylic acids is 1. The zero-order valence-corrected chi connectivity index (χ0v) is 13.4. The van der Waals surface area contributed by atoms with Crippen LogP contribution in [0, 0.1) is 11.6 Å². The van der Waals surface area contributed by atoms with Gasteiger partial charge in [-0.15, -0.1) is 0 Å². The number of anilines is 2. The van der Waals surface area contributed by atoms with Crippen LogP contribution < -0.4 is 9.80 Å². The maximum absolute atomic E-state index is 13.7. The standard InChI is InChI=1S/C19H18F2N2O/c1-22-17-6-2-3-7-18(17)23(12-10-19(22)24)11-4-5-14-8-9-15(20)13-16(14)21/h2-9,13H,10-12H2,1H3/b5-4+. The third-order valence-corrected chi connectivity index (χ3v) is 4.14. The van der Waals surface area contributed by atoms with Crippen LogP contribution in [0.3, 0.4) is 0 Å². The maximum Gasteiger partial charge on any atom is 0.228 e. The first-order valence-corrected chi connectivity index (χ1v) is 7.78. The van der Waals surface area contributed by atoms with Gasteiger partial charge in [-0.1, -0.05) is 24.3 Å². The van der Waals surface area contributed by atoms with Crippen LogP contribution in [0.2, 0.25) is 0 Å². The van der Waals surface area contributed by atoms with Crippen molar-refractivity contribution in [2.24, 2.45) is 0 Å². The highest BCUT2D eigenvalue weighted by Crippen LogP contribution is 2.31. The molecule has 0 fully saturated rings. The number of para-hydroxylation sites is 2. The molecule has 3 rings (SSSR count). The second kappa shape index (κ2) is 6.83. The largest absolute Gasteiger partial charge is 0.366 e. The van der Waals surface area contributed by atoms with Crippen LogP contribution in [0.4, 0.5) is 20.2 Å². The van der Waals surface area contributed by atoms with Crippen molar-refractivity contribution < 1.29 is 13.6 Å². The molecule has 1 heterocycles. The molecule has 0 unspecified atom stereocenters. The van der Waals surface area contributed by atoms with Gasteiger partial charge in [-0.05, 0) is 24.3 Å². The van der Waals surface area contributed by atoms with E-state index >= 15 is 0 Å². The molecule has 124 valence electrons. The predicted molar refractivity (Wildman–Crippen MR) is 92.1 cm³/mol. The fourth-order valence-electron chi connectivity index (χ4n) is 2.80. The van der Waals surface area contributed by atoms with Crippen molar-refractivity contribution in [2.45, 2.75) is 6.42 Å². The predicted octanol–water partition coefficient (Wildman–Crippen LogP) is 3.85. The Kier molecular flexibility index (Phi) is 4.60. The number of benzene rings is 2. The molecule has 1 aliphatic heterocycles. The van der Waals surface area contributed by atoms with Gasteiger partial charge in [0.1, 0.15) is 11.6 Å². The number of hydrogen-bond acceptors (Lipinski definition) is 2. The summed E-state index contributed by atoms with van der Waals surface area (Å²) in [6, 6.07) is 11.2. The Morgan fingerprint density at radius 2 is 1.88 bits per heavy atom. The zero-order chi connectivity index (χ0) is 17.1. The molecular formula is C19H18F2N2O. The van der Waals surface area contributed by atoms with E-state index in [9.17, 15) is 13.6 Å². The summed E-state index contributed by atoms with van der Waals surface area (Å²) in [5.41, 5.74) is 2.17. The molecular weight excluding hydrogens is 310 g/mol. The van der Waals surface area contributed by atoms with E-state index in [0.717, 1.165) is 17.4 Å². The van der Waals surface area contributed by atoms with Crippen LogP contribution in [0.15, 0.2) is 48.5 Å². The quantitative estimate of drug-likeness (QED) is 0.854. The minimum Gasteiger partial charge on any atom is -0.366 e. The summed E-state index contributed by atoms with van der Waals surface area (Å²) in [5, 5.41) is 0. The molecule has 24 heavy (non-hydrogen) atoms. The molecule has 0 spiro atoms. The highest BCUT2D eigenvalue weighted by molar-refractivity contribution is 5.98. The van der Waals surface area contributed by atoms with Crippen molar-refractivity contribution in [3.05, 3.63) is 65.7 Å². The van der Waals surface area contributed by atoms with Gasteiger partial charge < -0.3 is 9.80 Å². The number of amides is 1. The van der Waals surface area contributed by atoms with Gasteiger partial charge in [0.25, 0.3) is 0 Å². The number of carbonyl (C=O) groups is 1. The van der Waals surface area contributed by atoms with Crippen molar-refractivity contribution in [2.75, 3.05) is 29.9 Å². The third-order valence-electron chi connectivity index (χ3n) is 4.14. The third kappa shape index (κ3) is 3.30. The minimum absolute atomic E-state index is 0.0681. The number of rotatable bonds is 3. The molecule has 0 bridgehead atoms. The summed E-state index contributed by atoms with van der Waals surface area (Å²) in [6.45, 7) is 1.13. The molecule has 1 amide bonds. The van der Waals surface area contributed by atoms with Crippen molar-refractivity contribution in [1.82, 2.24) is 0 Å². The van der Waals surface area contributed by atoms with Crippen molar-refractivity contribution >= 4 is 23.4 Å². The summed E-state index contributed by atoms with van der Waals surface area (Å²) in [5.74, 6) is -1.11. The lowest BCUT2D eigenvalue weighted by atomic mass is 10.2. The van der Waals surface area contributed by atoms with E-state index in [2.05, 4.69) is 4.90 Å². The van der Waals surface area contributed by atoms with Crippen molar-refractivity contribution in [3.8, 4) is 0 Å². The Morgan fingerprint density at radius 1 is 1.12 bits per heavy atom. The SMILES string of the molecule is CN1C(=O)CCN(C/C=C/c2ccc(F)cc2F)c2ccccc21. The lowest BCUT2D eigenvalue weighted by Crippen LogP contribution is -2.26. The second-order valence-electron chi connectivity index (χ2n) is 5.71. The van der Waals surface area contributed by atoms with Gasteiger partial charge in [0.05, 0.1) is 11.4 Å². The minimum atomic E-state index is -0.590. The average Bonchev–Trinajstić information content (AvgIpc) is 2.69. The first-order valence-electron chi connectivity index (χ1n) is 7.78. The van der Waals surface area contributed by atoms with E-state index < -0.39 is 11.6 Å². The summed E-state index contributed by atoms with van der Waals surface area (Å²) in [6.07, 6.45) is 3.88. The maximum atomic E-state index is 13.7. The van der Waals surface area contributed by atoms with Crippen LogP contribution in [0.25, 0.3) is 6.08 Å².